The van der Waals surface area contributed by atoms with Gasteiger partial charge in [-0.15, -0.1) is 0 Å². The Bertz CT molecular complexity index is 1050. The molecule has 0 aliphatic heterocycles. The number of ether oxygens (including phenoxy) is 1. The van der Waals surface area contributed by atoms with Crippen LogP contribution < -0.4 is 0 Å². The maximum Gasteiger partial charge on any atom is 0.416 e. The Balaban J connectivity index is 1.74. The first-order valence-electron chi connectivity index (χ1n) is 9.94. The molecule has 0 saturated heterocycles. The van der Waals surface area contributed by atoms with Crippen LogP contribution in [0.4, 0.5) is 13.2 Å². The standard InChI is InChI=1S/C23H22F3N3O3/c1-2-32-22(31)16-28(14-17-8-10-19(11-9-17)23(24,25)26)21(30)12-18-13-27-29(15-18)20-6-4-3-5-7-20/h3-11,13,15H,2,12,14,16H2,1H3. The zero-order chi connectivity index (χ0) is 23.1. The van der Waals surface area contributed by atoms with Crippen molar-refractivity contribution in [1.82, 2.24) is 14.7 Å². The predicted molar refractivity (Wildman–Crippen MR) is 111 cm³/mol. The van der Waals surface area contributed by atoms with Crippen molar-refractivity contribution >= 4 is 11.9 Å². The Labute approximate surface area is 183 Å². The van der Waals surface area contributed by atoms with Crippen molar-refractivity contribution in [2.75, 3.05) is 13.2 Å². The molecule has 6 nitrogen and oxygen atoms in total. The van der Waals surface area contributed by atoms with Gasteiger partial charge in [-0.25, -0.2) is 4.68 Å². The molecule has 1 aromatic heterocycles. The monoisotopic (exact) mass is 445 g/mol. The smallest absolute Gasteiger partial charge is 0.416 e. The fourth-order valence-corrected chi connectivity index (χ4v) is 3.07. The minimum Gasteiger partial charge on any atom is -0.465 e. The van der Waals surface area contributed by atoms with Crippen LogP contribution in [0.1, 0.15) is 23.6 Å². The summed E-state index contributed by atoms with van der Waals surface area (Å²) in [4.78, 5) is 26.2. The summed E-state index contributed by atoms with van der Waals surface area (Å²) in [6.07, 6.45) is -1.19. The van der Waals surface area contributed by atoms with Gasteiger partial charge in [0.25, 0.3) is 0 Å². The van der Waals surface area contributed by atoms with Crippen LogP contribution >= 0.6 is 0 Å². The van der Waals surface area contributed by atoms with E-state index in [9.17, 15) is 22.8 Å². The number of benzene rings is 2. The number of carbonyl (C=O) groups excluding carboxylic acids is 2. The molecule has 0 unspecified atom stereocenters. The van der Waals surface area contributed by atoms with Gasteiger partial charge >= 0.3 is 12.1 Å². The van der Waals surface area contributed by atoms with Crippen molar-refractivity contribution in [2.45, 2.75) is 26.1 Å². The SMILES string of the molecule is CCOC(=O)CN(Cc1ccc(C(F)(F)F)cc1)C(=O)Cc1cnn(-c2ccccc2)c1. The van der Waals surface area contributed by atoms with E-state index in [2.05, 4.69) is 5.10 Å². The maximum absolute atomic E-state index is 12.9. The van der Waals surface area contributed by atoms with Crippen molar-refractivity contribution < 1.29 is 27.5 Å². The van der Waals surface area contributed by atoms with Crippen LogP contribution in [0.2, 0.25) is 0 Å². The number of hydrogen-bond donors (Lipinski definition) is 0. The molecule has 3 aromatic rings. The van der Waals surface area contributed by atoms with E-state index in [-0.39, 0.29) is 32.0 Å². The van der Waals surface area contributed by atoms with E-state index in [1.54, 1.807) is 24.0 Å². The van der Waals surface area contributed by atoms with E-state index >= 15 is 0 Å². The first kappa shape index (κ1) is 23.1. The third-order valence-electron chi connectivity index (χ3n) is 4.64. The van der Waals surface area contributed by atoms with Crippen LogP contribution in [0.25, 0.3) is 5.69 Å². The highest BCUT2D eigenvalue weighted by molar-refractivity contribution is 5.83. The van der Waals surface area contributed by atoms with Gasteiger partial charge in [0.2, 0.25) is 5.91 Å². The lowest BCUT2D eigenvalue weighted by Gasteiger charge is -2.22. The Hall–Kier alpha value is -3.62. The summed E-state index contributed by atoms with van der Waals surface area (Å²) < 4.78 is 45.0. The normalized spacial score (nSPS) is 11.2. The number of halogens is 3. The molecule has 3 rings (SSSR count). The minimum atomic E-state index is -4.45. The van der Waals surface area contributed by atoms with E-state index in [1.165, 1.54) is 17.0 Å². The number of aromatic nitrogens is 2. The van der Waals surface area contributed by atoms with Gasteiger partial charge in [0, 0.05) is 12.7 Å². The summed E-state index contributed by atoms with van der Waals surface area (Å²) in [5.41, 5.74) is 1.16. The molecule has 0 aliphatic carbocycles. The van der Waals surface area contributed by atoms with Crippen molar-refractivity contribution in [3.8, 4) is 5.69 Å². The Morgan fingerprint density at radius 2 is 1.72 bits per heavy atom. The predicted octanol–water partition coefficient (Wildman–Crippen LogP) is 4.03. The highest BCUT2D eigenvalue weighted by atomic mass is 19.4. The molecule has 1 amide bonds. The summed E-state index contributed by atoms with van der Waals surface area (Å²) in [5.74, 6) is -0.960. The topological polar surface area (TPSA) is 64.4 Å². The van der Waals surface area contributed by atoms with Crippen molar-refractivity contribution in [2.24, 2.45) is 0 Å². The average Bonchev–Trinajstić information content (AvgIpc) is 3.22. The van der Waals surface area contributed by atoms with Gasteiger partial charge in [0.15, 0.2) is 0 Å². The number of esters is 1. The molecule has 2 aromatic carbocycles. The molecule has 0 radical (unpaired) electrons. The highest BCUT2D eigenvalue weighted by Crippen LogP contribution is 2.29. The Morgan fingerprint density at radius 1 is 1.03 bits per heavy atom. The molecular weight excluding hydrogens is 423 g/mol. The second-order valence-corrected chi connectivity index (χ2v) is 7.05. The zero-order valence-electron chi connectivity index (χ0n) is 17.4. The molecule has 1 heterocycles. The van der Waals surface area contributed by atoms with Gasteiger partial charge in [-0.3, -0.25) is 9.59 Å². The number of hydrogen-bond acceptors (Lipinski definition) is 4. The van der Waals surface area contributed by atoms with Crippen molar-refractivity contribution in [3.05, 3.63) is 83.7 Å². The van der Waals surface area contributed by atoms with Gasteiger partial charge in [-0.1, -0.05) is 30.3 Å². The summed E-state index contributed by atoms with van der Waals surface area (Å²) in [7, 11) is 0. The van der Waals surface area contributed by atoms with Gasteiger partial charge in [0.05, 0.1) is 30.5 Å². The third kappa shape index (κ3) is 6.19. The van der Waals surface area contributed by atoms with Crippen LogP contribution in [0.15, 0.2) is 67.0 Å². The zero-order valence-corrected chi connectivity index (χ0v) is 17.4. The van der Waals surface area contributed by atoms with E-state index in [0.29, 0.717) is 11.1 Å². The van der Waals surface area contributed by atoms with Gasteiger partial charge < -0.3 is 9.64 Å². The quantitative estimate of drug-likeness (QED) is 0.491. The molecule has 0 atom stereocenters. The second-order valence-electron chi connectivity index (χ2n) is 7.05. The average molecular weight is 445 g/mol. The summed E-state index contributed by atoms with van der Waals surface area (Å²) in [5, 5.41) is 4.25. The molecule has 9 heteroatoms. The molecule has 0 aliphatic rings. The molecule has 32 heavy (non-hydrogen) atoms. The highest BCUT2D eigenvalue weighted by Gasteiger charge is 2.30. The molecule has 168 valence electrons. The van der Waals surface area contributed by atoms with Crippen LogP contribution in [-0.2, 0) is 33.5 Å². The molecule has 0 bridgehead atoms. The Morgan fingerprint density at radius 3 is 2.34 bits per heavy atom. The summed E-state index contributed by atoms with van der Waals surface area (Å²) in [6.45, 7) is 1.48. The van der Waals surface area contributed by atoms with Crippen LogP contribution in [-0.4, -0.2) is 39.7 Å². The molecular formula is C23H22F3N3O3. The van der Waals surface area contributed by atoms with Crippen LogP contribution in [0, 0.1) is 0 Å². The van der Waals surface area contributed by atoms with Gasteiger partial charge in [0.1, 0.15) is 6.54 Å². The lowest BCUT2D eigenvalue weighted by Crippen LogP contribution is -2.37. The van der Waals surface area contributed by atoms with Crippen molar-refractivity contribution in [1.29, 1.82) is 0 Å². The number of nitrogens with zero attached hydrogens (tertiary/aromatic N) is 3. The number of para-hydroxylation sites is 1. The summed E-state index contributed by atoms with van der Waals surface area (Å²) in [6, 6.07) is 13.8. The van der Waals surface area contributed by atoms with E-state index in [4.69, 9.17) is 4.74 Å². The summed E-state index contributed by atoms with van der Waals surface area (Å²) >= 11 is 0. The molecule has 0 spiro atoms. The maximum atomic E-state index is 12.9. The van der Waals surface area contributed by atoms with Gasteiger partial charge in [-0.05, 0) is 42.3 Å². The van der Waals surface area contributed by atoms with Crippen molar-refractivity contribution in [3.63, 3.8) is 0 Å². The molecule has 0 fully saturated rings. The largest absolute Gasteiger partial charge is 0.465 e. The minimum absolute atomic E-state index is 0.0210. The number of alkyl halides is 3. The fraction of sp³-hybridized carbons (Fsp3) is 0.261. The Kier molecular flexibility index (Phi) is 7.29. The third-order valence-corrected chi connectivity index (χ3v) is 4.64. The first-order valence-corrected chi connectivity index (χ1v) is 9.94. The molecule has 0 N–H and O–H groups in total. The van der Waals surface area contributed by atoms with E-state index in [0.717, 1.165) is 17.8 Å². The number of rotatable bonds is 8. The second kappa shape index (κ2) is 10.1. The molecule has 0 saturated carbocycles. The van der Waals surface area contributed by atoms with E-state index in [1.807, 2.05) is 30.3 Å². The lowest BCUT2D eigenvalue weighted by atomic mass is 10.1. The lowest BCUT2D eigenvalue weighted by molar-refractivity contribution is -0.149. The number of amides is 1. The fourth-order valence-electron chi connectivity index (χ4n) is 3.07. The van der Waals surface area contributed by atoms with Crippen LogP contribution in [0.3, 0.4) is 0 Å². The first-order chi connectivity index (χ1) is 15.3. The number of carbonyl (C=O) groups is 2. The van der Waals surface area contributed by atoms with Crippen LogP contribution in [0.5, 0.6) is 0 Å². The van der Waals surface area contributed by atoms with Gasteiger partial charge in [-0.2, -0.15) is 18.3 Å². The van der Waals surface area contributed by atoms with E-state index < -0.39 is 17.7 Å².